The number of hydrogen-bond donors (Lipinski definition) is 1. The van der Waals surface area contributed by atoms with Gasteiger partial charge in [-0.2, -0.15) is 0 Å². The number of rotatable bonds is 6. The fourth-order valence-corrected chi connectivity index (χ4v) is 6.68. The first-order chi connectivity index (χ1) is 18.9. The number of benzene rings is 3. The highest BCUT2D eigenvalue weighted by Gasteiger charge is 2.69. The molecule has 0 bridgehead atoms. The Morgan fingerprint density at radius 1 is 0.923 bits per heavy atom. The Balaban J connectivity index is 1.64. The van der Waals surface area contributed by atoms with Crippen molar-refractivity contribution in [1.29, 1.82) is 0 Å². The predicted molar refractivity (Wildman–Crippen MR) is 147 cm³/mol. The lowest BCUT2D eigenvalue weighted by molar-refractivity contribution is -0.122. The van der Waals surface area contributed by atoms with Crippen LogP contribution in [0.25, 0.3) is 6.08 Å². The standard InChI is InChI=1S/C31H28N2O6/c1-17(34)27-26(28(35)19-15-23(37-2)29(39-4)24(16-19)38-3)31(20-10-6-7-11-21(20)32-30(31)36)25-14-13-18-9-5-8-12-22(18)33(25)27/h5-16,25-27H,1-4H3,(H,32,36)/t25-,26+,27+,31+/m0/s1. The second kappa shape index (κ2) is 9.01. The predicted octanol–water partition coefficient (Wildman–Crippen LogP) is 4.27. The molecule has 3 aromatic carbocycles. The van der Waals surface area contributed by atoms with E-state index in [2.05, 4.69) is 5.32 Å². The van der Waals surface area contributed by atoms with E-state index >= 15 is 0 Å². The van der Waals surface area contributed by atoms with Crippen LogP contribution in [-0.4, -0.2) is 50.9 Å². The average Bonchev–Trinajstić information content (AvgIpc) is 3.44. The van der Waals surface area contributed by atoms with Gasteiger partial charge in [0.1, 0.15) is 5.41 Å². The first-order valence-electron chi connectivity index (χ1n) is 12.7. The minimum Gasteiger partial charge on any atom is -0.493 e. The number of amides is 1. The molecule has 3 aliphatic rings. The Morgan fingerprint density at radius 3 is 2.26 bits per heavy atom. The highest BCUT2D eigenvalue weighted by Crippen LogP contribution is 2.58. The molecule has 3 aromatic rings. The van der Waals surface area contributed by atoms with Gasteiger partial charge in [0.2, 0.25) is 11.7 Å². The molecule has 8 heteroatoms. The SMILES string of the molecule is COc1cc(C(=O)[C@H]2[C@@H](C(C)=O)N3c4ccccc4C=C[C@H]3[C@@]23C(=O)Nc2ccccc23)cc(OC)c1OC. The van der Waals surface area contributed by atoms with Crippen molar-refractivity contribution in [3.63, 3.8) is 0 Å². The average molecular weight is 525 g/mol. The van der Waals surface area contributed by atoms with Gasteiger partial charge in [-0.15, -0.1) is 0 Å². The molecule has 39 heavy (non-hydrogen) atoms. The molecular weight excluding hydrogens is 496 g/mol. The van der Waals surface area contributed by atoms with Crippen molar-refractivity contribution in [3.05, 3.63) is 83.4 Å². The number of fused-ring (bicyclic) bond motifs is 6. The molecule has 0 radical (unpaired) electrons. The van der Waals surface area contributed by atoms with Crippen molar-refractivity contribution in [2.75, 3.05) is 31.5 Å². The third kappa shape index (κ3) is 3.27. The zero-order valence-corrected chi connectivity index (χ0v) is 22.1. The summed E-state index contributed by atoms with van der Waals surface area (Å²) in [5, 5.41) is 3.01. The molecule has 3 heterocycles. The zero-order valence-electron chi connectivity index (χ0n) is 22.1. The highest BCUT2D eigenvalue weighted by molar-refractivity contribution is 6.16. The van der Waals surface area contributed by atoms with Gasteiger partial charge in [0.05, 0.1) is 39.3 Å². The van der Waals surface area contributed by atoms with E-state index in [1.54, 1.807) is 12.1 Å². The molecule has 3 aliphatic heterocycles. The van der Waals surface area contributed by atoms with Gasteiger partial charge in [-0.25, -0.2) is 0 Å². The number of hydrogen-bond acceptors (Lipinski definition) is 7. The smallest absolute Gasteiger partial charge is 0.238 e. The normalized spacial score (nSPS) is 24.1. The minimum atomic E-state index is -1.35. The lowest BCUT2D eigenvalue weighted by Crippen LogP contribution is -2.51. The maximum atomic E-state index is 14.7. The van der Waals surface area contributed by atoms with Crippen LogP contribution in [0.15, 0.2) is 66.7 Å². The summed E-state index contributed by atoms with van der Waals surface area (Å²) in [4.78, 5) is 44.4. The summed E-state index contributed by atoms with van der Waals surface area (Å²) in [5.74, 6) is -0.943. The molecule has 1 fully saturated rings. The van der Waals surface area contributed by atoms with Crippen LogP contribution in [0, 0.1) is 5.92 Å². The molecule has 0 aromatic heterocycles. The van der Waals surface area contributed by atoms with E-state index in [0.717, 1.165) is 11.3 Å². The molecule has 198 valence electrons. The molecule has 1 amide bonds. The number of para-hydroxylation sites is 2. The third-order valence-corrected chi connectivity index (χ3v) is 8.19. The Hall–Kier alpha value is -4.59. The number of ether oxygens (including phenoxy) is 3. The zero-order chi connectivity index (χ0) is 27.5. The molecule has 1 spiro atoms. The van der Waals surface area contributed by atoms with Crippen LogP contribution >= 0.6 is 0 Å². The monoisotopic (exact) mass is 524 g/mol. The summed E-state index contributed by atoms with van der Waals surface area (Å²) in [6.45, 7) is 1.48. The Morgan fingerprint density at radius 2 is 1.59 bits per heavy atom. The van der Waals surface area contributed by atoms with Gasteiger partial charge in [-0.05, 0) is 42.3 Å². The molecule has 1 N–H and O–H groups in total. The number of nitrogens with one attached hydrogen (secondary N) is 1. The molecule has 0 aliphatic carbocycles. The van der Waals surface area contributed by atoms with Gasteiger partial charge in [-0.1, -0.05) is 48.6 Å². The lowest BCUT2D eigenvalue weighted by Gasteiger charge is -2.37. The quantitative estimate of drug-likeness (QED) is 0.481. The second-order valence-corrected chi connectivity index (χ2v) is 9.95. The number of anilines is 2. The molecular formula is C31H28N2O6. The van der Waals surface area contributed by atoms with Crippen molar-refractivity contribution in [2.45, 2.75) is 24.4 Å². The van der Waals surface area contributed by atoms with Gasteiger partial charge in [0.15, 0.2) is 23.1 Å². The Labute approximate surface area is 226 Å². The minimum absolute atomic E-state index is 0.204. The van der Waals surface area contributed by atoms with E-state index < -0.39 is 23.4 Å². The maximum Gasteiger partial charge on any atom is 0.238 e. The number of carbonyl (C=O) groups excluding carboxylic acids is 3. The summed E-state index contributed by atoms with van der Waals surface area (Å²) in [6, 6.07) is 16.8. The van der Waals surface area contributed by atoms with Crippen LogP contribution in [0.4, 0.5) is 11.4 Å². The van der Waals surface area contributed by atoms with E-state index in [0.29, 0.717) is 28.5 Å². The van der Waals surface area contributed by atoms with Gasteiger partial charge in [0.25, 0.3) is 0 Å². The molecule has 0 saturated carbocycles. The molecule has 1 saturated heterocycles. The third-order valence-electron chi connectivity index (χ3n) is 8.19. The van der Waals surface area contributed by atoms with Gasteiger partial charge in [-0.3, -0.25) is 14.4 Å². The van der Waals surface area contributed by atoms with Crippen molar-refractivity contribution in [2.24, 2.45) is 5.92 Å². The number of carbonyl (C=O) groups is 3. The van der Waals surface area contributed by atoms with Gasteiger partial charge < -0.3 is 24.4 Å². The molecule has 8 nitrogen and oxygen atoms in total. The largest absolute Gasteiger partial charge is 0.493 e. The van der Waals surface area contributed by atoms with Gasteiger partial charge >= 0.3 is 0 Å². The van der Waals surface area contributed by atoms with Crippen molar-refractivity contribution in [1.82, 2.24) is 0 Å². The fourth-order valence-electron chi connectivity index (χ4n) is 6.68. The van der Waals surface area contributed by atoms with E-state index in [9.17, 15) is 14.4 Å². The highest BCUT2D eigenvalue weighted by atomic mass is 16.5. The Bertz CT molecular complexity index is 1540. The topological polar surface area (TPSA) is 94.2 Å². The molecule has 0 unspecified atom stereocenters. The molecule has 4 atom stereocenters. The summed E-state index contributed by atoms with van der Waals surface area (Å²) in [5.41, 5.74) is 1.97. The summed E-state index contributed by atoms with van der Waals surface area (Å²) < 4.78 is 16.5. The summed E-state index contributed by atoms with van der Waals surface area (Å²) in [6.07, 6.45) is 3.92. The summed E-state index contributed by atoms with van der Waals surface area (Å²) >= 11 is 0. The first kappa shape index (κ1) is 24.7. The number of nitrogens with zero attached hydrogens (tertiary/aromatic N) is 1. The van der Waals surface area contributed by atoms with Crippen LogP contribution in [0.1, 0.15) is 28.4 Å². The van der Waals surface area contributed by atoms with Crippen LogP contribution in [0.3, 0.4) is 0 Å². The summed E-state index contributed by atoms with van der Waals surface area (Å²) in [7, 11) is 4.44. The van der Waals surface area contributed by atoms with E-state index in [-0.39, 0.29) is 23.0 Å². The van der Waals surface area contributed by atoms with Crippen molar-refractivity contribution in [3.8, 4) is 17.2 Å². The van der Waals surface area contributed by atoms with Crippen molar-refractivity contribution >= 4 is 34.9 Å². The van der Waals surface area contributed by atoms with Gasteiger partial charge in [0, 0.05) is 16.9 Å². The van der Waals surface area contributed by atoms with Crippen LogP contribution in [0.2, 0.25) is 0 Å². The number of Topliss-reactive ketones (excluding diaryl/α,β-unsaturated/α-hetero) is 2. The van der Waals surface area contributed by atoms with Crippen LogP contribution in [0.5, 0.6) is 17.2 Å². The van der Waals surface area contributed by atoms with Crippen molar-refractivity contribution < 1.29 is 28.6 Å². The maximum absolute atomic E-state index is 14.7. The lowest BCUT2D eigenvalue weighted by atomic mass is 9.64. The second-order valence-electron chi connectivity index (χ2n) is 9.95. The number of ketones is 2. The first-order valence-corrected chi connectivity index (χ1v) is 12.7. The Kier molecular flexibility index (Phi) is 5.71. The fraction of sp³-hybridized carbons (Fsp3) is 0.258. The molecule has 6 rings (SSSR count). The van der Waals surface area contributed by atoms with E-state index in [4.69, 9.17) is 14.2 Å². The van der Waals surface area contributed by atoms with E-state index in [1.807, 2.05) is 65.6 Å². The van der Waals surface area contributed by atoms with Crippen LogP contribution in [-0.2, 0) is 15.0 Å². The van der Waals surface area contributed by atoms with E-state index in [1.165, 1.54) is 28.3 Å². The van der Waals surface area contributed by atoms with Crippen LogP contribution < -0.4 is 24.4 Å². The number of methoxy groups -OCH3 is 3.